The van der Waals surface area contributed by atoms with Gasteiger partial charge in [0.15, 0.2) is 0 Å². The molecule has 1 N–H and O–H groups in total. The maximum atomic E-state index is 13.1. The van der Waals surface area contributed by atoms with E-state index in [1.54, 1.807) is 22.5 Å². The molecule has 2 aromatic heterocycles. The van der Waals surface area contributed by atoms with E-state index in [4.69, 9.17) is 4.42 Å². The predicted molar refractivity (Wildman–Crippen MR) is 101 cm³/mol. The quantitative estimate of drug-likeness (QED) is 0.807. The van der Waals surface area contributed by atoms with Crippen molar-refractivity contribution >= 4 is 23.2 Å². The van der Waals surface area contributed by atoms with Crippen LogP contribution in [0.1, 0.15) is 30.9 Å². The molecule has 2 amide bonds. The molecule has 2 aromatic rings. The SMILES string of the molecule is CC(C)N1CCNC(=O)[C@H]1CC(=O)N(Cc1ccco1)Cc1cccs1. The fraction of sp³-hybridized carbons (Fsp3) is 0.474. The van der Waals surface area contributed by atoms with Crippen LogP contribution in [0.15, 0.2) is 40.3 Å². The second-order valence-corrected chi connectivity index (χ2v) is 7.78. The van der Waals surface area contributed by atoms with E-state index >= 15 is 0 Å². The lowest BCUT2D eigenvalue weighted by Gasteiger charge is -2.38. The molecule has 7 heteroatoms. The lowest BCUT2D eigenvalue weighted by atomic mass is 10.1. The van der Waals surface area contributed by atoms with Gasteiger partial charge in [-0.2, -0.15) is 0 Å². The van der Waals surface area contributed by atoms with Crippen molar-refractivity contribution in [1.29, 1.82) is 0 Å². The van der Waals surface area contributed by atoms with Gasteiger partial charge in [0.25, 0.3) is 0 Å². The number of thiophene rings is 1. The fourth-order valence-electron chi connectivity index (χ4n) is 3.27. The van der Waals surface area contributed by atoms with Crippen molar-refractivity contribution in [2.75, 3.05) is 13.1 Å². The van der Waals surface area contributed by atoms with Crippen molar-refractivity contribution in [2.45, 2.75) is 45.4 Å². The third-order valence-corrected chi connectivity index (χ3v) is 5.47. The van der Waals surface area contributed by atoms with Crippen LogP contribution in [0.5, 0.6) is 0 Å². The zero-order valence-corrected chi connectivity index (χ0v) is 16.0. The summed E-state index contributed by atoms with van der Waals surface area (Å²) in [6.07, 6.45) is 1.79. The van der Waals surface area contributed by atoms with Crippen LogP contribution in [0, 0.1) is 0 Å². The van der Waals surface area contributed by atoms with Gasteiger partial charge in [-0.3, -0.25) is 14.5 Å². The van der Waals surface area contributed by atoms with E-state index in [9.17, 15) is 9.59 Å². The summed E-state index contributed by atoms with van der Waals surface area (Å²) in [5, 5.41) is 4.88. The summed E-state index contributed by atoms with van der Waals surface area (Å²) in [6, 6.07) is 7.47. The normalized spacial score (nSPS) is 18.1. The Bertz CT molecular complexity index is 676. The summed E-state index contributed by atoms with van der Waals surface area (Å²) in [5.41, 5.74) is 0. The molecule has 3 heterocycles. The Morgan fingerprint density at radius 3 is 2.88 bits per heavy atom. The van der Waals surface area contributed by atoms with Gasteiger partial charge in [0.05, 0.1) is 31.8 Å². The van der Waals surface area contributed by atoms with Crippen LogP contribution in [0.25, 0.3) is 0 Å². The Labute approximate surface area is 157 Å². The van der Waals surface area contributed by atoms with E-state index < -0.39 is 6.04 Å². The average molecular weight is 375 g/mol. The van der Waals surface area contributed by atoms with Crippen LogP contribution in [0.4, 0.5) is 0 Å². The molecule has 0 aromatic carbocycles. The van der Waals surface area contributed by atoms with Crippen LogP contribution in [-0.4, -0.2) is 46.8 Å². The Kier molecular flexibility index (Phi) is 6.11. The summed E-state index contributed by atoms with van der Waals surface area (Å²) in [4.78, 5) is 30.4. The minimum Gasteiger partial charge on any atom is -0.467 e. The van der Waals surface area contributed by atoms with E-state index in [2.05, 4.69) is 24.1 Å². The van der Waals surface area contributed by atoms with Gasteiger partial charge >= 0.3 is 0 Å². The van der Waals surface area contributed by atoms with E-state index in [1.165, 1.54) is 0 Å². The third-order valence-electron chi connectivity index (χ3n) is 4.61. The number of furan rings is 1. The predicted octanol–water partition coefficient (Wildman–Crippen LogP) is 2.47. The molecule has 0 bridgehead atoms. The van der Waals surface area contributed by atoms with Crippen LogP contribution in [0.3, 0.4) is 0 Å². The first-order chi connectivity index (χ1) is 12.5. The number of hydrogen-bond donors (Lipinski definition) is 1. The Balaban J connectivity index is 1.74. The second kappa shape index (κ2) is 8.51. The number of carbonyl (C=O) groups excluding carboxylic acids is 2. The molecule has 0 unspecified atom stereocenters. The maximum Gasteiger partial charge on any atom is 0.237 e. The molecule has 1 saturated heterocycles. The molecule has 3 rings (SSSR count). The molecule has 0 saturated carbocycles. The zero-order chi connectivity index (χ0) is 18.5. The number of nitrogens with zero attached hydrogens (tertiary/aromatic N) is 2. The lowest BCUT2D eigenvalue weighted by Crippen LogP contribution is -2.58. The Hall–Kier alpha value is -2.12. The molecule has 0 spiro atoms. The zero-order valence-electron chi connectivity index (χ0n) is 15.2. The van der Waals surface area contributed by atoms with Gasteiger partial charge in [-0.05, 0) is 37.4 Å². The monoisotopic (exact) mass is 375 g/mol. The van der Waals surface area contributed by atoms with E-state index in [0.717, 1.165) is 17.2 Å². The highest BCUT2D eigenvalue weighted by Gasteiger charge is 2.34. The molecule has 26 heavy (non-hydrogen) atoms. The molecular weight excluding hydrogens is 350 g/mol. The summed E-state index contributed by atoms with van der Waals surface area (Å²) >= 11 is 1.62. The number of rotatable bonds is 7. The van der Waals surface area contributed by atoms with Crippen molar-refractivity contribution in [3.63, 3.8) is 0 Å². The first-order valence-electron chi connectivity index (χ1n) is 8.90. The van der Waals surface area contributed by atoms with Crippen LogP contribution >= 0.6 is 11.3 Å². The molecule has 140 valence electrons. The average Bonchev–Trinajstić information content (AvgIpc) is 3.29. The molecule has 1 fully saturated rings. The number of nitrogens with one attached hydrogen (secondary N) is 1. The topological polar surface area (TPSA) is 65.8 Å². The number of amides is 2. The van der Waals surface area contributed by atoms with Crippen molar-refractivity contribution in [1.82, 2.24) is 15.1 Å². The first-order valence-corrected chi connectivity index (χ1v) is 9.78. The summed E-state index contributed by atoms with van der Waals surface area (Å²) < 4.78 is 5.42. The van der Waals surface area contributed by atoms with Gasteiger partial charge in [-0.25, -0.2) is 0 Å². The van der Waals surface area contributed by atoms with Crippen LogP contribution in [-0.2, 0) is 22.7 Å². The van der Waals surface area contributed by atoms with Crippen molar-refractivity contribution in [2.24, 2.45) is 0 Å². The van der Waals surface area contributed by atoms with Crippen LogP contribution in [0.2, 0.25) is 0 Å². The molecule has 1 aliphatic heterocycles. The van der Waals surface area contributed by atoms with E-state index in [0.29, 0.717) is 19.6 Å². The molecule has 6 nitrogen and oxygen atoms in total. The van der Waals surface area contributed by atoms with Gasteiger partial charge in [0.2, 0.25) is 11.8 Å². The molecule has 1 atom stereocenters. The highest BCUT2D eigenvalue weighted by molar-refractivity contribution is 7.09. The van der Waals surface area contributed by atoms with Gasteiger partial charge in [-0.1, -0.05) is 6.07 Å². The first kappa shape index (κ1) is 18.7. The second-order valence-electron chi connectivity index (χ2n) is 6.75. The number of piperazine rings is 1. The summed E-state index contributed by atoms with van der Waals surface area (Å²) in [7, 11) is 0. The maximum absolute atomic E-state index is 13.1. The van der Waals surface area contributed by atoms with Gasteiger partial charge in [-0.15, -0.1) is 11.3 Å². The van der Waals surface area contributed by atoms with Crippen molar-refractivity contribution in [3.8, 4) is 0 Å². The van der Waals surface area contributed by atoms with E-state index in [1.807, 2.05) is 29.6 Å². The number of hydrogen-bond acceptors (Lipinski definition) is 5. The smallest absolute Gasteiger partial charge is 0.237 e. The Morgan fingerprint density at radius 2 is 2.23 bits per heavy atom. The van der Waals surface area contributed by atoms with E-state index in [-0.39, 0.29) is 24.3 Å². The summed E-state index contributed by atoms with van der Waals surface area (Å²) in [5.74, 6) is 0.638. The van der Waals surface area contributed by atoms with Crippen LogP contribution < -0.4 is 5.32 Å². The molecular formula is C19H25N3O3S. The Morgan fingerprint density at radius 1 is 1.38 bits per heavy atom. The highest BCUT2D eigenvalue weighted by Crippen LogP contribution is 2.19. The largest absolute Gasteiger partial charge is 0.467 e. The van der Waals surface area contributed by atoms with Crippen molar-refractivity contribution in [3.05, 3.63) is 46.5 Å². The molecule has 1 aliphatic rings. The van der Waals surface area contributed by atoms with Gasteiger partial charge in [0.1, 0.15) is 5.76 Å². The third kappa shape index (κ3) is 4.53. The minimum absolute atomic E-state index is 0.0394. The number of carbonyl (C=O) groups is 2. The van der Waals surface area contributed by atoms with Gasteiger partial charge < -0.3 is 14.6 Å². The minimum atomic E-state index is -0.418. The highest BCUT2D eigenvalue weighted by atomic mass is 32.1. The lowest BCUT2D eigenvalue weighted by molar-refractivity contribution is -0.140. The molecule has 0 radical (unpaired) electrons. The summed E-state index contributed by atoms with van der Waals surface area (Å²) in [6.45, 7) is 6.44. The standard InChI is InChI=1S/C19H25N3O3S/c1-14(2)22-8-7-20-19(24)17(22)11-18(23)21(12-15-5-3-9-25-15)13-16-6-4-10-26-16/h3-6,9-10,14,17H,7-8,11-13H2,1-2H3,(H,20,24)/t17-/m1/s1. The molecule has 0 aliphatic carbocycles. The van der Waals surface area contributed by atoms with Gasteiger partial charge in [0, 0.05) is 24.0 Å². The van der Waals surface area contributed by atoms with Crippen molar-refractivity contribution < 1.29 is 14.0 Å². The fourth-order valence-corrected chi connectivity index (χ4v) is 3.99.